The minimum atomic E-state index is -0.381. The zero-order chi connectivity index (χ0) is 39.9. The largest absolute Gasteiger partial charge is 0.465 e. The van der Waals surface area contributed by atoms with Gasteiger partial charge in [-0.1, -0.05) is 30.6 Å². The Morgan fingerprint density at radius 2 is 1.19 bits per heavy atom. The van der Waals surface area contributed by atoms with Gasteiger partial charge < -0.3 is 34.5 Å². The van der Waals surface area contributed by atoms with Crippen LogP contribution in [0.15, 0.2) is 16.6 Å². The predicted molar refractivity (Wildman–Crippen MR) is 220 cm³/mol. The Bertz CT molecular complexity index is 1680. The van der Waals surface area contributed by atoms with E-state index in [9.17, 15) is 19.2 Å². The predicted octanol–water partition coefficient (Wildman–Crippen LogP) is 6.28. The van der Waals surface area contributed by atoms with Gasteiger partial charge in [0.1, 0.15) is 9.75 Å². The molecule has 0 aromatic carbocycles. The van der Waals surface area contributed by atoms with Gasteiger partial charge >= 0.3 is 11.9 Å². The number of esters is 2. The maximum Gasteiger partial charge on any atom is 0.349 e. The molecule has 0 bridgehead atoms. The third kappa shape index (κ3) is 17.2. The van der Waals surface area contributed by atoms with Crippen LogP contribution in [0.3, 0.4) is 0 Å². The fourth-order valence-corrected chi connectivity index (χ4v) is 7.22. The number of thiophene rings is 2. The lowest BCUT2D eigenvalue weighted by Crippen LogP contribution is -2.47. The van der Waals surface area contributed by atoms with Crippen LogP contribution >= 0.6 is 51.0 Å². The summed E-state index contributed by atoms with van der Waals surface area (Å²) in [6.45, 7) is 20.9. The number of morpholine rings is 2. The van der Waals surface area contributed by atoms with Gasteiger partial charge in [0.05, 0.1) is 56.4 Å². The van der Waals surface area contributed by atoms with Crippen molar-refractivity contribution < 1.29 is 38.1 Å². The Morgan fingerprint density at radius 3 is 1.61 bits per heavy atom. The van der Waals surface area contributed by atoms with E-state index in [1.54, 1.807) is 11.8 Å². The molecule has 0 radical (unpaired) electrons. The number of amides is 2. The van der Waals surface area contributed by atoms with Gasteiger partial charge in [-0.25, -0.2) is 9.59 Å². The molecule has 0 aliphatic carbocycles. The monoisotopic (exact) mass is 871 g/mol. The molecule has 4 heterocycles. The smallest absolute Gasteiger partial charge is 0.349 e. The Kier molecular flexibility index (Phi) is 21.1. The molecule has 15 heteroatoms. The van der Waals surface area contributed by atoms with E-state index in [1.165, 1.54) is 36.9 Å². The van der Waals surface area contributed by atoms with E-state index in [-0.39, 0.29) is 58.9 Å². The first-order valence-electron chi connectivity index (χ1n) is 17.4. The highest BCUT2D eigenvalue weighted by Gasteiger charge is 2.26. The van der Waals surface area contributed by atoms with Gasteiger partial charge in [0.25, 0.3) is 0 Å². The molecule has 2 saturated heterocycles. The van der Waals surface area contributed by atoms with Crippen molar-refractivity contribution in [2.24, 2.45) is 22.5 Å². The summed E-state index contributed by atoms with van der Waals surface area (Å²) in [5.41, 5.74) is 6.11. The maximum absolute atomic E-state index is 12.6. The second-order valence-corrected chi connectivity index (χ2v) is 17.5. The molecule has 300 valence electrons. The quantitative estimate of drug-likeness (QED) is 0.263. The van der Waals surface area contributed by atoms with Gasteiger partial charge in [-0.3, -0.25) is 9.59 Å². The first-order chi connectivity index (χ1) is 24.8. The van der Waals surface area contributed by atoms with Crippen molar-refractivity contribution in [3.05, 3.63) is 41.7 Å². The van der Waals surface area contributed by atoms with E-state index < -0.39 is 0 Å². The molecule has 2 N–H and O–H groups in total. The number of nitrogens with two attached hydrogens (primary N) is 1. The maximum atomic E-state index is 12.6. The van der Waals surface area contributed by atoms with E-state index in [0.29, 0.717) is 68.8 Å². The molecule has 2 aliphatic heterocycles. The van der Waals surface area contributed by atoms with Crippen LogP contribution in [0.5, 0.6) is 0 Å². The lowest BCUT2D eigenvalue weighted by Gasteiger charge is -2.29. The van der Waals surface area contributed by atoms with Crippen LogP contribution in [0.25, 0.3) is 0 Å². The lowest BCUT2D eigenvalue weighted by atomic mass is 9.97. The first kappa shape index (κ1) is 49.1. The molecule has 2 aliphatic rings. The third-order valence-electron chi connectivity index (χ3n) is 7.34. The van der Waals surface area contributed by atoms with E-state index in [2.05, 4.69) is 44.3 Å². The molecule has 2 fully saturated rings. The summed E-state index contributed by atoms with van der Waals surface area (Å²) >= 11 is 5.99. The van der Waals surface area contributed by atoms with Crippen molar-refractivity contribution in [1.82, 2.24) is 9.80 Å². The molecule has 11 nitrogen and oxygen atoms in total. The van der Waals surface area contributed by atoms with E-state index in [1.807, 2.05) is 65.5 Å². The first-order valence-corrected chi connectivity index (χ1v) is 19.8. The van der Waals surface area contributed by atoms with Gasteiger partial charge in [0, 0.05) is 47.4 Å². The lowest BCUT2D eigenvalue weighted by molar-refractivity contribution is -0.139. The van der Waals surface area contributed by atoms with Crippen LogP contribution in [-0.2, 0) is 35.0 Å². The number of rotatable bonds is 6. The fourth-order valence-electron chi connectivity index (χ4n) is 4.65. The summed E-state index contributed by atoms with van der Waals surface area (Å²) in [6, 6.07) is 3.38. The van der Waals surface area contributed by atoms with Crippen LogP contribution in [0.1, 0.15) is 90.1 Å². The average Bonchev–Trinajstić information content (AvgIpc) is 3.71. The minimum Gasteiger partial charge on any atom is -0.465 e. The van der Waals surface area contributed by atoms with Crippen molar-refractivity contribution in [1.29, 1.82) is 0 Å². The Balaban J connectivity index is 0.000000443. The topological polar surface area (TPSA) is 138 Å². The zero-order valence-corrected chi connectivity index (χ0v) is 37.0. The van der Waals surface area contributed by atoms with Crippen LogP contribution < -0.4 is 5.73 Å². The van der Waals surface area contributed by atoms with Crippen molar-refractivity contribution in [3.63, 3.8) is 0 Å². The number of hydrogen-bond donors (Lipinski definition) is 1. The zero-order valence-electron chi connectivity index (χ0n) is 33.0. The Labute approximate surface area is 343 Å². The SMILES string of the molecule is COC(=O)c1sc(C#CC(C)(C)C)cc1Br.COC(=O)c1sc(C#CC(C)(C)C)cc1C[C@@H](C)C(=O)N1CCOCC1.C[C@H](N)C(=O)N1CCOCC1.Cl. The van der Waals surface area contributed by atoms with Crippen LogP contribution in [0, 0.1) is 40.4 Å². The number of halogens is 2. The molecule has 0 unspecified atom stereocenters. The second kappa shape index (κ2) is 23.2. The summed E-state index contributed by atoms with van der Waals surface area (Å²) in [6.07, 6.45) is 0.494. The minimum absolute atomic E-state index is 0. The molecule has 2 aromatic rings. The van der Waals surface area contributed by atoms with E-state index in [4.69, 9.17) is 19.9 Å². The molecule has 0 saturated carbocycles. The van der Waals surface area contributed by atoms with E-state index in [0.717, 1.165) is 19.8 Å². The van der Waals surface area contributed by atoms with E-state index >= 15 is 0 Å². The summed E-state index contributed by atoms with van der Waals surface area (Å²) in [4.78, 5) is 53.7. The number of nitrogens with zero attached hydrogens (tertiary/aromatic N) is 2. The van der Waals surface area contributed by atoms with Crippen LogP contribution in [0.2, 0.25) is 0 Å². The molecule has 2 amide bonds. The number of carbonyl (C=O) groups excluding carboxylic acids is 4. The summed E-state index contributed by atoms with van der Waals surface area (Å²) in [7, 11) is 2.74. The van der Waals surface area contributed by atoms with Crippen molar-refractivity contribution in [2.75, 3.05) is 66.8 Å². The van der Waals surface area contributed by atoms with Gasteiger partial charge in [0.15, 0.2) is 0 Å². The number of methoxy groups -OCH3 is 2. The average molecular weight is 873 g/mol. The summed E-state index contributed by atoms with van der Waals surface area (Å²) in [5, 5.41) is 0. The third-order valence-corrected chi connectivity index (χ3v) is 10.3. The van der Waals surface area contributed by atoms with Crippen molar-refractivity contribution >= 4 is 74.8 Å². The molecule has 0 spiro atoms. The molecular formula is C39H55BrClN3O8S2. The second-order valence-electron chi connectivity index (χ2n) is 14.5. The standard InChI is InChI=1S/C20H27NO4S.C12H13BrO2S.C7H14N2O2.ClH/c1-14(18(22)21-8-10-25-11-9-21)12-15-13-16(6-7-20(2,3)4)26-17(15)19(23)24-5;1-12(2,3)6-5-8-7-9(13)10(16-8)11(14)15-4;1-6(8)7(10)9-2-4-11-5-3-9;/h13-14H,8-12H2,1-5H3;7H,1-4H3;6H,2-5,8H2,1H3;1H/t14-;;6-;/m1.0./s1. The number of ether oxygens (including phenoxy) is 4. The molecule has 4 rings (SSSR count). The highest BCUT2D eigenvalue weighted by atomic mass is 79.9. The van der Waals surface area contributed by atoms with Gasteiger partial charge in [-0.05, 0) is 88.5 Å². The molecule has 2 atom stereocenters. The number of carbonyl (C=O) groups is 4. The summed E-state index contributed by atoms with van der Waals surface area (Å²) in [5.74, 6) is 11.7. The Morgan fingerprint density at radius 1 is 0.778 bits per heavy atom. The van der Waals surface area contributed by atoms with Crippen LogP contribution in [-0.4, -0.2) is 106 Å². The molecule has 2 aromatic heterocycles. The molecular weight excluding hydrogens is 818 g/mol. The normalized spacial score (nSPS) is 15.1. The van der Waals surface area contributed by atoms with Crippen LogP contribution in [0.4, 0.5) is 0 Å². The highest BCUT2D eigenvalue weighted by Crippen LogP contribution is 2.28. The van der Waals surface area contributed by atoms with Gasteiger partial charge in [-0.2, -0.15) is 0 Å². The fraction of sp³-hybridized carbons (Fsp3) is 0.590. The van der Waals surface area contributed by atoms with Crippen molar-refractivity contribution in [3.8, 4) is 23.7 Å². The van der Waals surface area contributed by atoms with Crippen molar-refractivity contribution in [2.45, 2.75) is 67.9 Å². The van der Waals surface area contributed by atoms with Gasteiger partial charge in [-0.15, -0.1) is 35.1 Å². The molecule has 54 heavy (non-hydrogen) atoms. The summed E-state index contributed by atoms with van der Waals surface area (Å²) < 4.78 is 20.7. The highest BCUT2D eigenvalue weighted by molar-refractivity contribution is 9.10. The Hall–Kier alpha value is -2.95. The van der Waals surface area contributed by atoms with Gasteiger partial charge in [0.2, 0.25) is 11.8 Å². The number of hydrogen-bond acceptors (Lipinski definition) is 11.